The zero-order valence-electron chi connectivity index (χ0n) is 11.5. The van der Waals surface area contributed by atoms with Crippen LogP contribution in [0.1, 0.15) is 55.8 Å². The van der Waals surface area contributed by atoms with Crippen LogP contribution in [0.4, 0.5) is 5.69 Å². The number of hydrogen-bond acceptors (Lipinski definition) is 4. The van der Waals surface area contributed by atoms with Crippen LogP contribution in [-0.2, 0) is 4.74 Å². The number of rotatable bonds is 8. The number of carbonyl (C=O) groups is 1. The van der Waals surface area contributed by atoms with Crippen molar-refractivity contribution in [1.82, 2.24) is 0 Å². The molecule has 0 bridgehead atoms. The zero-order chi connectivity index (χ0) is 14.1. The predicted octanol–water partition coefficient (Wildman–Crippen LogP) is 3.49. The van der Waals surface area contributed by atoms with Crippen LogP contribution in [0.5, 0.6) is 5.75 Å². The summed E-state index contributed by atoms with van der Waals surface area (Å²) in [7, 11) is 0. The number of nitrogens with two attached hydrogens (primary N) is 1. The van der Waals surface area contributed by atoms with Crippen molar-refractivity contribution in [3.05, 3.63) is 23.8 Å². The summed E-state index contributed by atoms with van der Waals surface area (Å²) in [4.78, 5) is 11.7. The summed E-state index contributed by atoms with van der Waals surface area (Å²) < 4.78 is 5.12. The fourth-order valence-corrected chi connectivity index (χ4v) is 1.84. The molecule has 3 N–H and O–H groups in total. The van der Waals surface area contributed by atoms with Gasteiger partial charge in [-0.25, -0.2) is 4.79 Å². The van der Waals surface area contributed by atoms with Crippen molar-refractivity contribution in [2.45, 2.75) is 45.4 Å². The first kappa shape index (κ1) is 15.3. The number of unbranched alkanes of at least 4 members (excludes halogenated alkanes) is 5. The van der Waals surface area contributed by atoms with E-state index in [1.165, 1.54) is 37.8 Å². The predicted molar refractivity (Wildman–Crippen MR) is 76.2 cm³/mol. The van der Waals surface area contributed by atoms with Gasteiger partial charge in [-0.1, -0.05) is 39.0 Å². The van der Waals surface area contributed by atoms with Gasteiger partial charge in [-0.15, -0.1) is 0 Å². The number of benzene rings is 1. The van der Waals surface area contributed by atoms with Crippen LogP contribution in [0.15, 0.2) is 18.2 Å². The van der Waals surface area contributed by atoms with Crippen molar-refractivity contribution < 1.29 is 14.6 Å². The summed E-state index contributed by atoms with van der Waals surface area (Å²) in [6.45, 7) is 2.57. The van der Waals surface area contributed by atoms with Crippen LogP contribution in [-0.4, -0.2) is 17.7 Å². The maximum absolute atomic E-state index is 11.7. The molecule has 1 rings (SSSR count). The highest BCUT2D eigenvalue weighted by atomic mass is 16.5. The van der Waals surface area contributed by atoms with Gasteiger partial charge in [0.25, 0.3) is 0 Å². The Morgan fingerprint density at radius 1 is 1.21 bits per heavy atom. The summed E-state index contributed by atoms with van der Waals surface area (Å²) >= 11 is 0. The van der Waals surface area contributed by atoms with Gasteiger partial charge >= 0.3 is 5.97 Å². The Kier molecular flexibility index (Phi) is 6.79. The molecule has 1 aromatic carbocycles. The third-order valence-electron chi connectivity index (χ3n) is 2.97. The number of phenols is 1. The number of hydrogen-bond donors (Lipinski definition) is 2. The summed E-state index contributed by atoms with van der Waals surface area (Å²) in [5.74, 6) is -0.611. The van der Waals surface area contributed by atoms with Crippen LogP contribution in [0.25, 0.3) is 0 Å². The van der Waals surface area contributed by atoms with Gasteiger partial charge in [0.2, 0.25) is 0 Å². The maximum Gasteiger partial charge on any atom is 0.341 e. The van der Waals surface area contributed by atoms with Crippen LogP contribution in [0, 0.1) is 0 Å². The van der Waals surface area contributed by atoms with Crippen LogP contribution in [0.2, 0.25) is 0 Å². The smallest absolute Gasteiger partial charge is 0.341 e. The van der Waals surface area contributed by atoms with Crippen LogP contribution < -0.4 is 5.73 Å². The lowest BCUT2D eigenvalue weighted by molar-refractivity contribution is 0.0494. The Balaban J connectivity index is 2.26. The number of aromatic hydroxyl groups is 1. The molecule has 0 saturated carbocycles. The van der Waals surface area contributed by atoms with E-state index in [4.69, 9.17) is 10.5 Å². The van der Waals surface area contributed by atoms with Crippen molar-refractivity contribution in [2.24, 2.45) is 0 Å². The first-order valence-electron chi connectivity index (χ1n) is 6.90. The third kappa shape index (κ3) is 5.64. The van der Waals surface area contributed by atoms with Crippen molar-refractivity contribution in [3.8, 4) is 5.75 Å². The second kappa shape index (κ2) is 8.40. The largest absolute Gasteiger partial charge is 0.507 e. The van der Waals surface area contributed by atoms with E-state index >= 15 is 0 Å². The van der Waals surface area contributed by atoms with Gasteiger partial charge < -0.3 is 15.6 Å². The molecule has 0 heterocycles. The highest BCUT2D eigenvalue weighted by molar-refractivity contribution is 5.93. The quantitative estimate of drug-likeness (QED) is 0.326. The number of carbonyl (C=O) groups excluding carboxylic acids is 1. The Hall–Kier alpha value is -1.71. The molecule has 0 aliphatic carbocycles. The van der Waals surface area contributed by atoms with Gasteiger partial charge in [-0.3, -0.25) is 0 Å². The minimum atomic E-state index is -0.515. The number of esters is 1. The molecule has 0 aliphatic heterocycles. The minimum absolute atomic E-state index is 0.0952. The molecule has 0 unspecified atom stereocenters. The van der Waals surface area contributed by atoms with Crippen molar-refractivity contribution >= 4 is 11.7 Å². The van der Waals surface area contributed by atoms with Gasteiger partial charge in [0.1, 0.15) is 11.3 Å². The van der Waals surface area contributed by atoms with Crippen LogP contribution in [0.3, 0.4) is 0 Å². The molecule has 0 aromatic heterocycles. The van der Waals surface area contributed by atoms with E-state index in [0.717, 1.165) is 12.8 Å². The van der Waals surface area contributed by atoms with Crippen LogP contribution >= 0.6 is 0 Å². The molecule has 1 aromatic rings. The average Bonchev–Trinajstić information content (AvgIpc) is 2.40. The molecule has 4 nitrogen and oxygen atoms in total. The lowest BCUT2D eigenvalue weighted by Gasteiger charge is -2.07. The molecule has 0 spiro atoms. The molecular formula is C15H23NO3. The molecule has 0 aliphatic rings. The number of anilines is 1. The SMILES string of the molecule is CCCCCCCCOC(=O)c1cc(N)ccc1O. The third-order valence-corrected chi connectivity index (χ3v) is 2.97. The number of nitrogen functional groups attached to an aromatic ring is 1. The monoisotopic (exact) mass is 265 g/mol. The zero-order valence-corrected chi connectivity index (χ0v) is 11.5. The van der Waals surface area contributed by atoms with Gasteiger partial charge in [0.15, 0.2) is 0 Å². The lowest BCUT2D eigenvalue weighted by Crippen LogP contribution is -2.07. The molecule has 19 heavy (non-hydrogen) atoms. The van der Waals surface area contributed by atoms with Gasteiger partial charge in [-0.05, 0) is 24.6 Å². The molecule has 106 valence electrons. The van der Waals surface area contributed by atoms with Gasteiger partial charge in [-0.2, -0.15) is 0 Å². The standard InChI is InChI=1S/C15H23NO3/c1-2-3-4-5-6-7-10-19-15(18)13-11-12(16)8-9-14(13)17/h8-9,11,17H,2-7,10,16H2,1H3. The summed E-state index contributed by atoms with van der Waals surface area (Å²) in [6, 6.07) is 4.37. The van der Waals surface area contributed by atoms with Crippen molar-refractivity contribution in [1.29, 1.82) is 0 Å². The summed E-state index contributed by atoms with van der Waals surface area (Å²) in [5.41, 5.74) is 6.13. The average molecular weight is 265 g/mol. The second-order valence-corrected chi connectivity index (χ2v) is 4.68. The Morgan fingerprint density at radius 3 is 2.63 bits per heavy atom. The number of ether oxygens (including phenoxy) is 1. The van der Waals surface area contributed by atoms with Crippen molar-refractivity contribution in [3.63, 3.8) is 0 Å². The fourth-order valence-electron chi connectivity index (χ4n) is 1.84. The summed E-state index contributed by atoms with van der Waals surface area (Å²) in [5, 5.41) is 9.55. The minimum Gasteiger partial charge on any atom is -0.507 e. The maximum atomic E-state index is 11.7. The topological polar surface area (TPSA) is 72.5 Å². The Morgan fingerprint density at radius 2 is 1.89 bits per heavy atom. The molecule has 0 atom stereocenters. The second-order valence-electron chi connectivity index (χ2n) is 4.68. The first-order chi connectivity index (χ1) is 9.15. The molecule has 0 fully saturated rings. The normalized spacial score (nSPS) is 10.4. The molecule has 0 radical (unpaired) electrons. The van der Waals surface area contributed by atoms with E-state index in [-0.39, 0.29) is 11.3 Å². The molecular weight excluding hydrogens is 242 g/mol. The molecule has 0 amide bonds. The van der Waals surface area contributed by atoms with E-state index in [9.17, 15) is 9.90 Å². The van der Waals surface area contributed by atoms with E-state index in [0.29, 0.717) is 12.3 Å². The van der Waals surface area contributed by atoms with E-state index in [1.807, 2.05) is 0 Å². The molecule has 0 saturated heterocycles. The lowest BCUT2D eigenvalue weighted by atomic mass is 10.1. The highest BCUT2D eigenvalue weighted by Gasteiger charge is 2.12. The fraction of sp³-hybridized carbons (Fsp3) is 0.533. The number of phenolic OH excluding ortho intramolecular Hbond substituents is 1. The Labute approximate surface area is 114 Å². The van der Waals surface area contributed by atoms with E-state index in [1.54, 1.807) is 6.07 Å². The Bertz CT molecular complexity index is 404. The molecule has 4 heteroatoms. The van der Waals surface area contributed by atoms with Gasteiger partial charge in [0, 0.05) is 5.69 Å². The highest BCUT2D eigenvalue weighted by Crippen LogP contribution is 2.20. The van der Waals surface area contributed by atoms with Gasteiger partial charge in [0.05, 0.1) is 6.61 Å². The van der Waals surface area contributed by atoms with E-state index in [2.05, 4.69) is 6.92 Å². The van der Waals surface area contributed by atoms with Crippen molar-refractivity contribution in [2.75, 3.05) is 12.3 Å². The first-order valence-corrected chi connectivity index (χ1v) is 6.90. The van der Waals surface area contributed by atoms with E-state index < -0.39 is 5.97 Å². The summed E-state index contributed by atoms with van der Waals surface area (Å²) in [6.07, 6.45) is 6.82.